The molecule has 0 unspecified atom stereocenters. The Labute approximate surface area is 114 Å². The maximum atomic E-state index is 11.5. The number of esters is 1. The van der Waals surface area contributed by atoms with Crippen LogP contribution in [0.3, 0.4) is 0 Å². The Balaban J connectivity index is 2.03. The highest BCUT2D eigenvalue weighted by Crippen LogP contribution is 2.63. The molecule has 1 N–H and O–H groups in total. The fourth-order valence-electron chi connectivity index (χ4n) is 2.52. The van der Waals surface area contributed by atoms with E-state index in [0.29, 0.717) is 18.2 Å². The molecular formula is C15H22N2O2. The van der Waals surface area contributed by atoms with Crippen LogP contribution in [0.4, 0.5) is 5.82 Å². The molecule has 1 fully saturated rings. The molecule has 19 heavy (non-hydrogen) atoms. The number of carbonyl (C=O) groups excluding carboxylic acids is 1. The van der Waals surface area contributed by atoms with Crippen LogP contribution in [0, 0.1) is 10.8 Å². The van der Waals surface area contributed by atoms with E-state index in [1.807, 2.05) is 6.07 Å². The molecule has 2 rings (SSSR count). The molecule has 0 bridgehead atoms. The van der Waals surface area contributed by atoms with Crippen molar-refractivity contribution >= 4 is 11.8 Å². The topological polar surface area (TPSA) is 51.2 Å². The third-order valence-electron chi connectivity index (χ3n) is 4.59. The van der Waals surface area contributed by atoms with E-state index < -0.39 is 0 Å². The molecule has 4 nitrogen and oxygen atoms in total. The molecule has 1 aliphatic carbocycles. The minimum atomic E-state index is -0.325. The maximum Gasteiger partial charge on any atom is 0.339 e. The van der Waals surface area contributed by atoms with Gasteiger partial charge in [0.2, 0.25) is 0 Å². The van der Waals surface area contributed by atoms with Gasteiger partial charge in [0.25, 0.3) is 0 Å². The highest BCUT2D eigenvalue weighted by Gasteiger charge is 2.65. The van der Waals surface area contributed by atoms with Crippen molar-refractivity contribution in [2.24, 2.45) is 10.8 Å². The van der Waals surface area contributed by atoms with E-state index in [1.165, 1.54) is 0 Å². The van der Waals surface area contributed by atoms with Gasteiger partial charge < -0.3 is 10.1 Å². The summed E-state index contributed by atoms with van der Waals surface area (Å²) in [6.45, 7) is 11.2. The fraction of sp³-hybridized carbons (Fsp3) is 0.600. The Morgan fingerprint density at radius 2 is 1.95 bits per heavy atom. The van der Waals surface area contributed by atoms with E-state index >= 15 is 0 Å². The smallest absolute Gasteiger partial charge is 0.339 e. The fourth-order valence-corrected chi connectivity index (χ4v) is 2.52. The van der Waals surface area contributed by atoms with Gasteiger partial charge in [-0.1, -0.05) is 27.7 Å². The Kier molecular flexibility index (Phi) is 3.29. The van der Waals surface area contributed by atoms with Crippen LogP contribution in [-0.4, -0.2) is 23.6 Å². The van der Waals surface area contributed by atoms with Gasteiger partial charge in [0.05, 0.1) is 12.2 Å². The van der Waals surface area contributed by atoms with Gasteiger partial charge in [-0.2, -0.15) is 0 Å². The van der Waals surface area contributed by atoms with Crippen LogP contribution in [0.5, 0.6) is 0 Å². The lowest BCUT2D eigenvalue weighted by molar-refractivity contribution is 0.0526. The summed E-state index contributed by atoms with van der Waals surface area (Å²) in [7, 11) is 0. The van der Waals surface area contributed by atoms with E-state index in [9.17, 15) is 4.79 Å². The third-order valence-corrected chi connectivity index (χ3v) is 4.59. The van der Waals surface area contributed by atoms with Gasteiger partial charge in [0.15, 0.2) is 0 Å². The zero-order valence-electron chi connectivity index (χ0n) is 12.3. The summed E-state index contributed by atoms with van der Waals surface area (Å²) in [5.74, 6) is 0.477. The number of aromatic nitrogens is 1. The molecule has 0 amide bonds. The first-order chi connectivity index (χ1) is 8.80. The summed E-state index contributed by atoms with van der Waals surface area (Å²) in [4.78, 5) is 15.8. The molecule has 0 aliphatic heterocycles. The molecule has 0 aromatic carbocycles. The minimum absolute atomic E-state index is 0.258. The van der Waals surface area contributed by atoms with E-state index in [1.54, 1.807) is 19.2 Å². The first kappa shape index (κ1) is 13.8. The molecule has 1 aliphatic rings. The second-order valence-electron chi connectivity index (χ2n) is 6.17. The molecule has 0 spiro atoms. The monoisotopic (exact) mass is 262 g/mol. The minimum Gasteiger partial charge on any atom is -0.462 e. The number of ether oxygens (including phenoxy) is 1. The Hall–Kier alpha value is -1.58. The number of carbonyl (C=O) groups is 1. The number of pyridine rings is 1. The van der Waals surface area contributed by atoms with Crippen molar-refractivity contribution in [1.29, 1.82) is 0 Å². The van der Waals surface area contributed by atoms with Crippen LogP contribution in [0.15, 0.2) is 18.3 Å². The predicted molar refractivity (Wildman–Crippen MR) is 75.2 cm³/mol. The van der Waals surface area contributed by atoms with Crippen molar-refractivity contribution in [1.82, 2.24) is 4.98 Å². The average molecular weight is 262 g/mol. The average Bonchev–Trinajstić information content (AvgIpc) is 2.73. The molecule has 1 aromatic rings. The van der Waals surface area contributed by atoms with Crippen LogP contribution >= 0.6 is 0 Å². The van der Waals surface area contributed by atoms with E-state index in [2.05, 4.69) is 38.0 Å². The summed E-state index contributed by atoms with van der Waals surface area (Å²) in [5.41, 5.74) is 1.00. The summed E-state index contributed by atoms with van der Waals surface area (Å²) in [6.07, 6.45) is 1.56. The number of anilines is 1. The molecule has 0 atom stereocenters. The number of hydrogen-bond acceptors (Lipinski definition) is 4. The number of rotatable bonds is 4. The second-order valence-corrected chi connectivity index (χ2v) is 6.17. The van der Waals surface area contributed by atoms with Crippen LogP contribution in [0.25, 0.3) is 0 Å². The van der Waals surface area contributed by atoms with Gasteiger partial charge in [-0.05, 0) is 29.9 Å². The largest absolute Gasteiger partial charge is 0.462 e. The lowest BCUT2D eigenvalue weighted by Gasteiger charge is -2.08. The van der Waals surface area contributed by atoms with Crippen LogP contribution in [0.1, 0.15) is 45.0 Å². The first-order valence-electron chi connectivity index (χ1n) is 6.70. The quantitative estimate of drug-likeness (QED) is 0.847. The lowest BCUT2D eigenvalue weighted by Crippen LogP contribution is -2.12. The summed E-state index contributed by atoms with van der Waals surface area (Å²) in [5, 5.41) is 3.43. The number of nitrogens with one attached hydrogen (secondary N) is 1. The van der Waals surface area contributed by atoms with Crippen LogP contribution in [-0.2, 0) is 4.74 Å². The second kappa shape index (κ2) is 4.51. The number of hydrogen-bond donors (Lipinski definition) is 1. The van der Waals surface area contributed by atoms with Gasteiger partial charge in [-0.25, -0.2) is 9.78 Å². The van der Waals surface area contributed by atoms with Gasteiger partial charge in [-0.15, -0.1) is 0 Å². The summed E-state index contributed by atoms with van der Waals surface area (Å²) >= 11 is 0. The van der Waals surface area contributed by atoms with Gasteiger partial charge in [0.1, 0.15) is 5.82 Å². The van der Waals surface area contributed by atoms with Gasteiger partial charge in [-0.3, -0.25) is 0 Å². The summed E-state index contributed by atoms with van der Waals surface area (Å²) in [6, 6.07) is 3.98. The molecular weight excluding hydrogens is 240 g/mol. The third kappa shape index (κ3) is 2.31. The molecule has 4 heteroatoms. The van der Waals surface area contributed by atoms with Crippen molar-refractivity contribution in [2.45, 2.75) is 40.7 Å². The standard InChI is InChI=1S/C15H22N2O2/c1-6-19-12(18)10-7-8-11(16-9-10)17-13-14(2,3)15(13,4)5/h7-9,13H,6H2,1-5H3,(H,16,17). The molecule has 1 aromatic heterocycles. The maximum absolute atomic E-state index is 11.5. The van der Waals surface area contributed by atoms with E-state index in [4.69, 9.17) is 4.74 Å². The van der Waals surface area contributed by atoms with E-state index in [-0.39, 0.29) is 16.8 Å². The highest BCUT2D eigenvalue weighted by atomic mass is 16.5. The van der Waals surface area contributed by atoms with Gasteiger partial charge in [0, 0.05) is 12.2 Å². The zero-order valence-corrected chi connectivity index (χ0v) is 12.3. The van der Waals surface area contributed by atoms with Crippen LogP contribution < -0.4 is 5.32 Å². The highest BCUT2D eigenvalue weighted by molar-refractivity contribution is 5.89. The zero-order chi connectivity index (χ0) is 14.3. The van der Waals surface area contributed by atoms with Crippen molar-refractivity contribution in [3.8, 4) is 0 Å². The summed E-state index contributed by atoms with van der Waals surface area (Å²) < 4.78 is 4.93. The van der Waals surface area contributed by atoms with Crippen molar-refractivity contribution in [3.05, 3.63) is 23.9 Å². The van der Waals surface area contributed by atoms with Crippen molar-refractivity contribution < 1.29 is 9.53 Å². The lowest BCUT2D eigenvalue weighted by atomic mass is 10.0. The Morgan fingerprint density at radius 3 is 2.37 bits per heavy atom. The van der Waals surface area contributed by atoms with Crippen molar-refractivity contribution in [2.75, 3.05) is 11.9 Å². The first-order valence-corrected chi connectivity index (χ1v) is 6.70. The van der Waals surface area contributed by atoms with Crippen LogP contribution in [0.2, 0.25) is 0 Å². The Bertz CT molecular complexity index is 463. The molecule has 1 saturated carbocycles. The molecule has 104 valence electrons. The van der Waals surface area contributed by atoms with E-state index in [0.717, 1.165) is 5.82 Å². The predicted octanol–water partition coefficient (Wildman–Crippen LogP) is 3.10. The SMILES string of the molecule is CCOC(=O)c1ccc(NC2C(C)(C)C2(C)C)nc1. The number of nitrogens with zero attached hydrogens (tertiary/aromatic N) is 1. The molecule has 0 radical (unpaired) electrons. The van der Waals surface area contributed by atoms with Gasteiger partial charge >= 0.3 is 5.97 Å². The molecule has 1 heterocycles. The Morgan fingerprint density at radius 1 is 1.32 bits per heavy atom. The van der Waals surface area contributed by atoms with Crippen molar-refractivity contribution in [3.63, 3.8) is 0 Å². The normalized spacial score (nSPS) is 19.8. The molecule has 0 saturated heterocycles.